The molecule has 0 aliphatic rings. The summed E-state index contributed by atoms with van der Waals surface area (Å²) in [6.45, 7) is 3.04. The van der Waals surface area contributed by atoms with Crippen LogP contribution in [0, 0.1) is 23.2 Å². The highest BCUT2D eigenvalue weighted by Crippen LogP contribution is 2.29. The average Bonchev–Trinajstić information content (AvgIpc) is 2.38. The van der Waals surface area contributed by atoms with Crippen LogP contribution in [0.25, 0.3) is 0 Å². The number of nitrogen functional groups attached to an aromatic ring is 1. The van der Waals surface area contributed by atoms with Crippen molar-refractivity contribution in [3.05, 3.63) is 50.8 Å². The number of anilines is 2. The lowest BCUT2D eigenvalue weighted by Crippen LogP contribution is -2.17. The van der Waals surface area contributed by atoms with E-state index in [9.17, 15) is 12.8 Å². The topological polar surface area (TPSA) is 72.2 Å². The Morgan fingerprint density at radius 2 is 1.86 bits per heavy atom. The fraction of sp³-hybridized carbons (Fsp3) is 0.143. The molecule has 2 rings (SSSR count). The van der Waals surface area contributed by atoms with Crippen LogP contribution in [0.15, 0.2) is 35.2 Å². The van der Waals surface area contributed by atoms with Gasteiger partial charge in [0.15, 0.2) is 0 Å². The van der Waals surface area contributed by atoms with Crippen molar-refractivity contribution in [3.63, 3.8) is 0 Å². The Morgan fingerprint density at radius 1 is 1.24 bits per heavy atom. The summed E-state index contributed by atoms with van der Waals surface area (Å²) in [6, 6.07) is 8.13. The Kier molecular flexibility index (Phi) is 4.43. The molecule has 0 spiro atoms. The predicted molar refractivity (Wildman–Crippen MR) is 90.3 cm³/mol. The number of benzene rings is 2. The standard InChI is InChI=1S/C14H14FIN2O2S/c1-8-7-10(15)13(17)9(2)14(8)21(19,20)18-12-6-4-3-5-11(12)16/h3-7,18H,17H2,1-2H3. The first-order valence-corrected chi connectivity index (χ1v) is 8.62. The van der Waals surface area contributed by atoms with Gasteiger partial charge in [-0.2, -0.15) is 0 Å². The van der Waals surface area contributed by atoms with Gasteiger partial charge in [-0.05, 0) is 65.8 Å². The van der Waals surface area contributed by atoms with Crippen molar-refractivity contribution >= 4 is 44.0 Å². The highest BCUT2D eigenvalue weighted by atomic mass is 127. The highest BCUT2D eigenvalue weighted by Gasteiger charge is 2.23. The molecule has 0 aromatic heterocycles. The van der Waals surface area contributed by atoms with Crippen molar-refractivity contribution in [3.8, 4) is 0 Å². The molecule has 0 aliphatic carbocycles. The van der Waals surface area contributed by atoms with Crippen molar-refractivity contribution in [1.82, 2.24) is 0 Å². The van der Waals surface area contributed by atoms with Crippen LogP contribution in [0.4, 0.5) is 15.8 Å². The Bertz CT molecular complexity index is 807. The number of para-hydroxylation sites is 1. The molecule has 112 valence electrons. The largest absolute Gasteiger partial charge is 0.396 e. The van der Waals surface area contributed by atoms with Gasteiger partial charge in [0.05, 0.1) is 16.3 Å². The Balaban J connectivity index is 2.56. The van der Waals surface area contributed by atoms with Gasteiger partial charge in [0.2, 0.25) is 0 Å². The molecule has 0 radical (unpaired) electrons. The quantitative estimate of drug-likeness (QED) is 0.591. The third-order valence-electron chi connectivity index (χ3n) is 3.09. The summed E-state index contributed by atoms with van der Waals surface area (Å²) in [5.41, 5.74) is 6.46. The monoisotopic (exact) mass is 420 g/mol. The van der Waals surface area contributed by atoms with E-state index in [0.717, 1.165) is 9.64 Å². The molecule has 4 nitrogen and oxygen atoms in total. The normalized spacial score (nSPS) is 11.4. The van der Waals surface area contributed by atoms with Gasteiger partial charge in [0, 0.05) is 3.57 Å². The maximum absolute atomic E-state index is 13.6. The number of hydrogen-bond donors (Lipinski definition) is 2. The fourth-order valence-corrected chi connectivity index (χ4v) is 4.35. The van der Waals surface area contributed by atoms with Crippen LogP contribution in [0.3, 0.4) is 0 Å². The van der Waals surface area contributed by atoms with Crippen molar-refractivity contribution in [2.24, 2.45) is 0 Å². The summed E-state index contributed by atoms with van der Waals surface area (Å²) in [4.78, 5) is 0.0149. The summed E-state index contributed by atoms with van der Waals surface area (Å²) in [6.07, 6.45) is 0. The van der Waals surface area contributed by atoms with E-state index in [2.05, 4.69) is 4.72 Å². The van der Waals surface area contributed by atoms with Gasteiger partial charge in [0.1, 0.15) is 5.82 Å². The first kappa shape index (κ1) is 16.0. The van der Waals surface area contributed by atoms with Crippen molar-refractivity contribution in [2.45, 2.75) is 18.7 Å². The fourth-order valence-electron chi connectivity index (χ4n) is 2.08. The molecule has 0 bridgehead atoms. The zero-order chi connectivity index (χ0) is 15.8. The van der Waals surface area contributed by atoms with E-state index in [4.69, 9.17) is 5.73 Å². The lowest BCUT2D eigenvalue weighted by atomic mass is 10.1. The molecule has 0 fully saturated rings. The van der Waals surface area contributed by atoms with Crippen LogP contribution in [0.2, 0.25) is 0 Å². The Morgan fingerprint density at radius 3 is 2.48 bits per heavy atom. The maximum atomic E-state index is 13.6. The van der Waals surface area contributed by atoms with E-state index in [1.165, 1.54) is 6.92 Å². The molecular formula is C14H14FIN2O2S. The van der Waals surface area contributed by atoms with Gasteiger partial charge in [-0.25, -0.2) is 12.8 Å². The average molecular weight is 420 g/mol. The van der Waals surface area contributed by atoms with E-state index >= 15 is 0 Å². The summed E-state index contributed by atoms with van der Waals surface area (Å²) >= 11 is 2.04. The molecule has 0 heterocycles. The second-order valence-electron chi connectivity index (χ2n) is 4.63. The summed E-state index contributed by atoms with van der Waals surface area (Å²) in [7, 11) is -3.84. The molecule has 0 saturated carbocycles. The van der Waals surface area contributed by atoms with E-state index in [0.29, 0.717) is 11.3 Å². The number of hydrogen-bond acceptors (Lipinski definition) is 3. The molecular weight excluding hydrogens is 406 g/mol. The van der Waals surface area contributed by atoms with Gasteiger partial charge in [-0.1, -0.05) is 12.1 Å². The van der Waals surface area contributed by atoms with Crippen molar-refractivity contribution < 1.29 is 12.8 Å². The van der Waals surface area contributed by atoms with Crippen LogP contribution in [0.1, 0.15) is 11.1 Å². The number of nitrogens with one attached hydrogen (secondary N) is 1. The maximum Gasteiger partial charge on any atom is 0.262 e. The highest BCUT2D eigenvalue weighted by molar-refractivity contribution is 14.1. The molecule has 0 saturated heterocycles. The molecule has 2 aromatic carbocycles. The van der Waals surface area contributed by atoms with Gasteiger partial charge in [0.25, 0.3) is 10.0 Å². The molecule has 0 unspecified atom stereocenters. The SMILES string of the molecule is Cc1cc(F)c(N)c(C)c1S(=O)(=O)Nc1ccccc1I. The van der Waals surface area contributed by atoms with Crippen molar-refractivity contribution in [2.75, 3.05) is 10.5 Å². The molecule has 0 aliphatic heterocycles. The molecule has 0 atom stereocenters. The number of halogens is 2. The summed E-state index contributed by atoms with van der Waals surface area (Å²) < 4.78 is 42.0. The van der Waals surface area contributed by atoms with Gasteiger partial charge >= 0.3 is 0 Å². The molecule has 7 heteroatoms. The molecule has 21 heavy (non-hydrogen) atoms. The van der Waals surface area contributed by atoms with Crippen LogP contribution >= 0.6 is 22.6 Å². The van der Waals surface area contributed by atoms with E-state index in [1.54, 1.807) is 25.1 Å². The zero-order valence-electron chi connectivity index (χ0n) is 11.4. The zero-order valence-corrected chi connectivity index (χ0v) is 14.4. The lowest BCUT2D eigenvalue weighted by Gasteiger charge is -2.15. The van der Waals surface area contributed by atoms with Crippen molar-refractivity contribution in [1.29, 1.82) is 0 Å². The minimum Gasteiger partial charge on any atom is -0.396 e. The number of sulfonamides is 1. The summed E-state index contributed by atoms with van der Waals surface area (Å²) in [5, 5.41) is 0. The predicted octanol–water partition coefficient (Wildman–Crippen LogP) is 3.43. The van der Waals surface area contributed by atoms with Gasteiger partial charge in [-0.3, -0.25) is 4.72 Å². The second kappa shape index (κ2) is 5.80. The minimum absolute atomic E-state index is 0.0149. The molecule has 3 N–H and O–H groups in total. The van der Waals surface area contributed by atoms with Gasteiger partial charge in [-0.15, -0.1) is 0 Å². The van der Waals surface area contributed by atoms with Gasteiger partial charge < -0.3 is 5.73 Å². The number of nitrogens with two attached hydrogens (primary N) is 1. The van der Waals surface area contributed by atoms with Crippen LogP contribution in [-0.2, 0) is 10.0 Å². The van der Waals surface area contributed by atoms with Crippen LogP contribution in [0.5, 0.6) is 0 Å². The van der Waals surface area contributed by atoms with Crippen LogP contribution in [-0.4, -0.2) is 8.42 Å². The van der Waals surface area contributed by atoms with E-state index < -0.39 is 15.8 Å². The van der Waals surface area contributed by atoms with E-state index in [-0.39, 0.29) is 16.1 Å². The third-order valence-corrected chi connectivity index (χ3v) is 5.69. The lowest BCUT2D eigenvalue weighted by molar-refractivity contribution is 0.598. The Hall–Kier alpha value is -1.35. The van der Waals surface area contributed by atoms with E-state index in [1.807, 2.05) is 28.7 Å². The van der Waals surface area contributed by atoms with Crippen LogP contribution < -0.4 is 10.5 Å². The summed E-state index contributed by atoms with van der Waals surface area (Å²) in [5.74, 6) is -0.613. The smallest absolute Gasteiger partial charge is 0.262 e. The third kappa shape index (κ3) is 3.13. The Labute approximate surface area is 136 Å². The first-order chi connectivity index (χ1) is 9.74. The minimum atomic E-state index is -3.84. The molecule has 0 amide bonds. The molecule has 2 aromatic rings. The number of rotatable bonds is 3. The first-order valence-electron chi connectivity index (χ1n) is 6.06. The number of aryl methyl sites for hydroxylation is 1. The second-order valence-corrected chi connectivity index (χ2v) is 7.41.